The molecule has 0 amide bonds. The predicted octanol–water partition coefficient (Wildman–Crippen LogP) is 0.995. The van der Waals surface area contributed by atoms with E-state index in [0.29, 0.717) is 10.2 Å². The Morgan fingerprint density at radius 2 is 1.90 bits per heavy atom. The van der Waals surface area contributed by atoms with E-state index < -0.39 is 26.7 Å². The molecule has 7 nitrogen and oxygen atoms in total. The molecule has 0 N–H and O–H groups in total. The molecule has 1 aromatic heterocycles. The summed E-state index contributed by atoms with van der Waals surface area (Å²) in [5.41, 5.74) is -1.07. The van der Waals surface area contributed by atoms with Crippen LogP contribution in [0.1, 0.15) is 5.56 Å². The van der Waals surface area contributed by atoms with E-state index in [0.717, 1.165) is 18.2 Å². The Labute approximate surface area is 118 Å². The molecule has 0 aliphatic rings. The van der Waals surface area contributed by atoms with Gasteiger partial charge in [0.25, 0.3) is 16.0 Å². The molecule has 0 spiro atoms. The highest BCUT2D eigenvalue weighted by Gasteiger charge is 2.32. The van der Waals surface area contributed by atoms with E-state index in [4.69, 9.17) is 0 Å². The molecule has 1 heterocycles. The molecule has 1 aromatic carbocycles. The Bertz CT molecular complexity index is 754. The lowest BCUT2D eigenvalue weighted by atomic mass is 10.2. The summed E-state index contributed by atoms with van der Waals surface area (Å²) in [5, 5.41) is 10.1. The summed E-state index contributed by atoms with van der Waals surface area (Å²) in [5.74, 6) is -0.118. The number of tetrazole rings is 1. The van der Waals surface area contributed by atoms with Crippen LogP contribution in [0.3, 0.4) is 0 Å². The van der Waals surface area contributed by atoms with Crippen LogP contribution in [0.4, 0.5) is 19.1 Å². The lowest BCUT2D eigenvalue weighted by Crippen LogP contribution is -2.22. The average molecular weight is 321 g/mol. The summed E-state index contributed by atoms with van der Waals surface area (Å²) in [7, 11) is -1.31. The van der Waals surface area contributed by atoms with Crippen molar-refractivity contribution in [3.63, 3.8) is 0 Å². The van der Waals surface area contributed by atoms with Crippen molar-refractivity contribution in [3.8, 4) is 0 Å². The van der Waals surface area contributed by atoms with Crippen molar-refractivity contribution in [2.45, 2.75) is 11.1 Å². The fourth-order valence-electron chi connectivity index (χ4n) is 1.52. The van der Waals surface area contributed by atoms with Crippen molar-refractivity contribution in [3.05, 3.63) is 29.8 Å². The monoisotopic (exact) mass is 321 g/mol. The van der Waals surface area contributed by atoms with Gasteiger partial charge in [0, 0.05) is 14.1 Å². The maximum absolute atomic E-state index is 12.7. The third-order valence-electron chi connectivity index (χ3n) is 2.51. The molecule has 2 rings (SSSR count). The van der Waals surface area contributed by atoms with Crippen LogP contribution in [0.25, 0.3) is 0 Å². The van der Waals surface area contributed by atoms with Gasteiger partial charge >= 0.3 is 6.18 Å². The quantitative estimate of drug-likeness (QED) is 0.839. The topological polar surface area (TPSA) is 81.0 Å². The molecular weight excluding hydrogens is 311 g/mol. The SMILES string of the molecule is CN(C)c1nnnn1S(=O)(=O)c1cccc(C(F)(F)F)c1. The number of hydrogen-bond donors (Lipinski definition) is 0. The zero-order valence-electron chi connectivity index (χ0n) is 10.9. The van der Waals surface area contributed by atoms with Crippen LogP contribution >= 0.6 is 0 Å². The molecule has 11 heteroatoms. The number of hydrogen-bond acceptors (Lipinski definition) is 6. The first-order chi connectivity index (χ1) is 9.64. The summed E-state index contributed by atoms with van der Waals surface area (Å²) in [6.07, 6.45) is -4.64. The molecular formula is C10H10F3N5O2S. The number of rotatable bonds is 3. The number of aromatic nitrogens is 4. The number of halogens is 3. The van der Waals surface area contributed by atoms with E-state index in [2.05, 4.69) is 15.5 Å². The highest BCUT2D eigenvalue weighted by Crippen LogP contribution is 2.31. The zero-order chi connectivity index (χ0) is 15.8. The second kappa shape index (κ2) is 4.98. The number of nitrogens with zero attached hydrogens (tertiary/aromatic N) is 5. The molecule has 114 valence electrons. The van der Waals surface area contributed by atoms with Crippen molar-refractivity contribution >= 4 is 16.0 Å². The van der Waals surface area contributed by atoms with Gasteiger partial charge in [-0.3, -0.25) is 0 Å². The predicted molar refractivity (Wildman–Crippen MR) is 66.2 cm³/mol. The Morgan fingerprint density at radius 1 is 1.24 bits per heavy atom. The van der Waals surface area contributed by atoms with Gasteiger partial charge in [0.2, 0.25) is 0 Å². The van der Waals surface area contributed by atoms with Crippen LogP contribution in [0.5, 0.6) is 0 Å². The first-order valence-corrected chi connectivity index (χ1v) is 6.96. The molecule has 0 aliphatic heterocycles. The minimum Gasteiger partial charge on any atom is -0.345 e. The van der Waals surface area contributed by atoms with E-state index in [1.54, 1.807) is 0 Å². The van der Waals surface area contributed by atoms with Crippen molar-refractivity contribution in [1.82, 2.24) is 19.6 Å². The summed E-state index contributed by atoms with van der Waals surface area (Å²) in [6, 6.07) is 3.38. The van der Waals surface area contributed by atoms with Gasteiger partial charge in [0.15, 0.2) is 0 Å². The molecule has 0 radical (unpaired) electrons. The highest BCUT2D eigenvalue weighted by molar-refractivity contribution is 7.90. The Kier molecular flexibility index (Phi) is 3.61. The zero-order valence-corrected chi connectivity index (χ0v) is 11.7. The molecule has 0 fully saturated rings. The standard InChI is InChI=1S/C10H10F3N5O2S/c1-17(2)9-14-15-16-18(9)21(19,20)8-5-3-4-7(6-8)10(11,12)13/h3-6H,1-2H3. The number of benzene rings is 1. The molecule has 0 saturated heterocycles. The van der Waals surface area contributed by atoms with Gasteiger partial charge in [-0.15, -0.1) is 0 Å². The van der Waals surface area contributed by atoms with Crippen LogP contribution in [0.2, 0.25) is 0 Å². The van der Waals surface area contributed by atoms with Gasteiger partial charge in [-0.25, -0.2) is 0 Å². The molecule has 21 heavy (non-hydrogen) atoms. The van der Waals surface area contributed by atoms with Crippen LogP contribution in [0.15, 0.2) is 29.2 Å². The molecule has 0 bridgehead atoms. The third kappa shape index (κ3) is 2.82. The van der Waals surface area contributed by atoms with Gasteiger partial charge < -0.3 is 4.90 Å². The summed E-state index contributed by atoms with van der Waals surface area (Å²) in [4.78, 5) is 0.776. The molecule has 0 unspecified atom stereocenters. The van der Waals surface area contributed by atoms with Gasteiger partial charge in [-0.1, -0.05) is 15.3 Å². The summed E-state index contributed by atoms with van der Waals surface area (Å²) in [6.45, 7) is 0. The fourth-order valence-corrected chi connectivity index (χ4v) is 2.79. The van der Waals surface area contributed by atoms with Crippen LogP contribution in [-0.4, -0.2) is 42.1 Å². The van der Waals surface area contributed by atoms with Gasteiger partial charge in [-0.05, 0) is 28.6 Å². The molecule has 0 atom stereocenters. The van der Waals surface area contributed by atoms with Crippen molar-refractivity contribution in [2.24, 2.45) is 0 Å². The van der Waals surface area contributed by atoms with E-state index in [1.165, 1.54) is 19.0 Å². The van der Waals surface area contributed by atoms with Crippen LogP contribution < -0.4 is 4.90 Å². The first kappa shape index (κ1) is 15.2. The minimum absolute atomic E-state index is 0.118. The van der Waals surface area contributed by atoms with E-state index in [-0.39, 0.29) is 5.95 Å². The van der Waals surface area contributed by atoms with Crippen molar-refractivity contribution in [1.29, 1.82) is 0 Å². The Balaban J connectivity index is 2.57. The number of alkyl halides is 3. The Morgan fingerprint density at radius 3 is 2.48 bits per heavy atom. The largest absolute Gasteiger partial charge is 0.416 e. The second-order valence-electron chi connectivity index (χ2n) is 4.25. The average Bonchev–Trinajstić information content (AvgIpc) is 2.88. The van der Waals surface area contributed by atoms with Crippen molar-refractivity contribution in [2.75, 3.05) is 19.0 Å². The van der Waals surface area contributed by atoms with Gasteiger partial charge in [0.05, 0.1) is 10.5 Å². The first-order valence-electron chi connectivity index (χ1n) is 5.52. The minimum atomic E-state index is -4.64. The maximum atomic E-state index is 12.7. The van der Waals surface area contributed by atoms with E-state index in [9.17, 15) is 21.6 Å². The smallest absolute Gasteiger partial charge is 0.345 e. The fraction of sp³-hybridized carbons (Fsp3) is 0.300. The maximum Gasteiger partial charge on any atom is 0.416 e. The molecule has 0 aliphatic carbocycles. The highest BCUT2D eigenvalue weighted by atomic mass is 32.2. The lowest BCUT2D eigenvalue weighted by molar-refractivity contribution is -0.137. The van der Waals surface area contributed by atoms with E-state index in [1.807, 2.05) is 0 Å². The summed E-state index contributed by atoms with van der Waals surface area (Å²) >= 11 is 0. The molecule has 0 saturated carbocycles. The second-order valence-corrected chi connectivity index (χ2v) is 6.01. The third-order valence-corrected chi connectivity index (χ3v) is 4.05. The van der Waals surface area contributed by atoms with Gasteiger partial charge in [0.1, 0.15) is 0 Å². The Hall–Kier alpha value is -2.17. The number of anilines is 1. The van der Waals surface area contributed by atoms with Gasteiger partial charge in [-0.2, -0.15) is 21.6 Å². The van der Waals surface area contributed by atoms with Crippen LogP contribution in [0, 0.1) is 0 Å². The van der Waals surface area contributed by atoms with Crippen molar-refractivity contribution < 1.29 is 21.6 Å². The normalized spacial score (nSPS) is 12.4. The lowest BCUT2D eigenvalue weighted by Gasteiger charge is -2.12. The van der Waals surface area contributed by atoms with E-state index >= 15 is 0 Å². The van der Waals surface area contributed by atoms with Crippen LogP contribution in [-0.2, 0) is 16.2 Å². The molecule has 2 aromatic rings. The summed E-state index contributed by atoms with van der Waals surface area (Å²) < 4.78 is 63.1.